The van der Waals surface area contributed by atoms with Gasteiger partial charge in [-0.15, -0.1) is 0 Å². The molecule has 0 saturated carbocycles. The maximum Gasteiger partial charge on any atom is 0.417 e. The zero-order valence-electron chi connectivity index (χ0n) is 10.8. The van der Waals surface area contributed by atoms with Crippen molar-refractivity contribution >= 4 is 5.78 Å². The number of halogens is 3. The molecule has 3 rings (SSSR count). The second-order valence-corrected chi connectivity index (χ2v) is 4.80. The Morgan fingerprint density at radius 1 is 0.952 bits per heavy atom. The number of rotatable bonds is 3. The van der Waals surface area contributed by atoms with Gasteiger partial charge in [0.05, 0.1) is 5.56 Å². The molecule has 108 valence electrons. The Labute approximate surface area is 119 Å². The van der Waals surface area contributed by atoms with E-state index in [0.717, 1.165) is 11.6 Å². The Morgan fingerprint density at radius 2 is 1.57 bits per heavy atom. The minimum atomic E-state index is -4.55. The van der Waals surface area contributed by atoms with E-state index in [1.54, 1.807) is 24.3 Å². The number of hydrogen-bond acceptors (Lipinski definition) is 2. The van der Waals surface area contributed by atoms with Crippen molar-refractivity contribution in [1.29, 1.82) is 0 Å². The van der Waals surface area contributed by atoms with Crippen molar-refractivity contribution in [2.45, 2.75) is 18.4 Å². The van der Waals surface area contributed by atoms with E-state index in [9.17, 15) is 18.0 Å². The van der Waals surface area contributed by atoms with Gasteiger partial charge in [-0.2, -0.15) is 13.2 Å². The number of Topliss-reactive ketones (excluding diaryl/α,β-unsaturated/α-hetero) is 1. The van der Waals surface area contributed by atoms with Crippen LogP contribution in [0, 0.1) is 0 Å². The van der Waals surface area contributed by atoms with Crippen molar-refractivity contribution in [3.05, 3.63) is 71.3 Å². The molecular formula is C16H11F3O2. The third kappa shape index (κ3) is 2.69. The molecule has 2 unspecified atom stereocenters. The molecule has 0 bridgehead atoms. The lowest BCUT2D eigenvalue weighted by molar-refractivity contribution is -0.137. The molecule has 0 aliphatic carbocycles. The summed E-state index contributed by atoms with van der Waals surface area (Å²) in [6, 6.07) is 13.8. The smallest absolute Gasteiger partial charge is 0.356 e. The quantitative estimate of drug-likeness (QED) is 0.631. The van der Waals surface area contributed by atoms with Gasteiger partial charge in [-0.25, -0.2) is 0 Å². The van der Waals surface area contributed by atoms with Crippen LogP contribution in [-0.4, -0.2) is 11.9 Å². The SMILES string of the molecule is O=C(c1ccccc1C(F)(F)F)C1OC1c1ccccc1. The summed E-state index contributed by atoms with van der Waals surface area (Å²) < 4.78 is 44.0. The summed E-state index contributed by atoms with van der Waals surface area (Å²) in [4.78, 5) is 12.2. The van der Waals surface area contributed by atoms with Gasteiger partial charge in [0.1, 0.15) is 6.10 Å². The topological polar surface area (TPSA) is 29.6 Å². The Hall–Kier alpha value is -2.14. The van der Waals surface area contributed by atoms with E-state index in [0.29, 0.717) is 0 Å². The van der Waals surface area contributed by atoms with Gasteiger partial charge in [0, 0.05) is 5.56 Å². The van der Waals surface area contributed by atoms with E-state index in [1.807, 2.05) is 6.07 Å². The Balaban J connectivity index is 1.85. The van der Waals surface area contributed by atoms with Crippen LogP contribution in [0.3, 0.4) is 0 Å². The second-order valence-electron chi connectivity index (χ2n) is 4.80. The predicted molar refractivity (Wildman–Crippen MR) is 69.8 cm³/mol. The summed E-state index contributed by atoms with van der Waals surface area (Å²) in [5.74, 6) is -0.628. The van der Waals surface area contributed by atoms with Gasteiger partial charge >= 0.3 is 6.18 Å². The fourth-order valence-electron chi connectivity index (χ4n) is 2.31. The van der Waals surface area contributed by atoms with Gasteiger partial charge in [-0.3, -0.25) is 4.79 Å². The third-order valence-electron chi connectivity index (χ3n) is 3.38. The molecule has 0 spiro atoms. The number of ketones is 1. The van der Waals surface area contributed by atoms with Crippen LogP contribution in [0.15, 0.2) is 54.6 Å². The summed E-state index contributed by atoms with van der Waals surface area (Å²) in [5, 5.41) is 0. The van der Waals surface area contributed by atoms with Gasteiger partial charge in [0.15, 0.2) is 11.9 Å². The average molecular weight is 292 g/mol. The lowest BCUT2D eigenvalue weighted by Crippen LogP contribution is -2.16. The monoisotopic (exact) mass is 292 g/mol. The fraction of sp³-hybridized carbons (Fsp3) is 0.188. The molecular weight excluding hydrogens is 281 g/mol. The van der Waals surface area contributed by atoms with E-state index >= 15 is 0 Å². The summed E-state index contributed by atoms with van der Waals surface area (Å²) >= 11 is 0. The van der Waals surface area contributed by atoms with E-state index < -0.39 is 29.7 Å². The molecule has 1 aliphatic heterocycles. The molecule has 1 aliphatic rings. The standard InChI is InChI=1S/C16H11F3O2/c17-16(18,19)12-9-5-4-8-11(12)13(20)15-14(21-15)10-6-2-1-3-7-10/h1-9,14-15H. The van der Waals surface area contributed by atoms with Crippen LogP contribution < -0.4 is 0 Å². The molecule has 0 aromatic heterocycles. The highest BCUT2D eigenvalue weighted by Gasteiger charge is 2.48. The molecule has 2 atom stereocenters. The van der Waals surface area contributed by atoms with Crippen LogP contribution in [-0.2, 0) is 10.9 Å². The maximum atomic E-state index is 12.9. The zero-order chi connectivity index (χ0) is 15.0. The molecule has 21 heavy (non-hydrogen) atoms. The number of epoxide rings is 1. The van der Waals surface area contributed by atoms with Crippen LogP contribution in [0.5, 0.6) is 0 Å². The van der Waals surface area contributed by atoms with E-state index in [-0.39, 0.29) is 5.56 Å². The molecule has 2 aromatic carbocycles. The largest absolute Gasteiger partial charge is 0.417 e. The number of alkyl halides is 3. The van der Waals surface area contributed by atoms with Crippen LogP contribution in [0.4, 0.5) is 13.2 Å². The highest BCUT2D eigenvalue weighted by atomic mass is 19.4. The minimum Gasteiger partial charge on any atom is -0.356 e. The maximum absolute atomic E-state index is 12.9. The van der Waals surface area contributed by atoms with Gasteiger partial charge < -0.3 is 4.74 Å². The molecule has 2 aromatic rings. The molecule has 1 saturated heterocycles. The first kappa shape index (κ1) is 13.8. The first-order chi connectivity index (χ1) is 9.98. The molecule has 0 amide bonds. The van der Waals surface area contributed by atoms with E-state index in [4.69, 9.17) is 4.74 Å². The molecule has 2 nitrogen and oxygen atoms in total. The summed E-state index contributed by atoms with van der Waals surface area (Å²) in [6.45, 7) is 0. The lowest BCUT2D eigenvalue weighted by atomic mass is 9.98. The van der Waals surface area contributed by atoms with Crippen molar-refractivity contribution in [2.24, 2.45) is 0 Å². The molecule has 0 N–H and O–H groups in total. The number of hydrogen-bond donors (Lipinski definition) is 0. The highest BCUT2D eigenvalue weighted by Crippen LogP contribution is 2.42. The van der Waals surface area contributed by atoms with Crippen molar-refractivity contribution in [3.63, 3.8) is 0 Å². The number of carbonyl (C=O) groups is 1. The molecule has 1 heterocycles. The molecule has 1 fully saturated rings. The van der Waals surface area contributed by atoms with Gasteiger partial charge in [0.2, 0.25) is 0 Å². The minimum absolute atomic E-state index is 0.339. The van der Waals surface area contributed by atoms with Crippen LogP contribution in [0.1, 0.15) is 27.6 Å². The molecule has 5 heteroatoms. The highest BCUT2D eigenvalue weighted by molar-refractivity contribution is 6.02. The first-order valence-corrected chi connectivity index (χ1v) is 6.39. The average Bonchev–Trinajstić information content (AvgIpc) is 3.27. The number of carbonyl (C=O) groups excluding carboxylic acids is 1. The van der Waals surface area contributed by atoms with Crippen molar-refractivity contribution in [2.75, 3.05) is 0 Å². The van der Waals surface area contributed by atoms with Gasteiger partial charge in [-0.05, 0) is 11.6 Å². The van der Waals surface area contributed by atoms with Crippen LogP contribution in [0.25, 0.3) is 0 Å². The fourth-order valence-corrected chi connectivity index (χ4v) is 2.31. The van der Waals surface area contributed by atoms with Gasteiger partial charge in [-0.1, -0.05) is 48.5 Å². The normalized spacial score (nSPS) is 21.1. The lowest BCUT2D eigenvalue weighted by Gasteiger charge is -2.10. The first-order valence-electron chi connectivity index (χ1n) is 6.39. The predicted octanol–water partition coefficient (Wildman–Crippen LogP) is 4.03. The third-order valence-corrected chi connectivity index (χ3v) is 3.38. The number of ether oxygens (including phenoxy) is 1. The van der Waals surface area contributed by atoms with Crippen LogP contribution >= 0.6 is 0 Å². The van der Waals surface area contributed by atoms with Crippen molar-refractivity contribution in [3.8, 4) is 0 Å². The van der Waals surface area contributed by atoms with Crippen molar-refractivity contribution in [1.82, 2.24) is 0 Å². The summed E-state index contributed by atoms with van der Waals surface area (Å²) in [6.07, 6.45) is -5.85. The van der Waals surface area contributed by atoms with Crippen molar-refractivity contribution < 1.29 is 22.7 Å². The molecule has 0 radical (unpaired) electrons. The van der Waals surface area contributed by atoms with Gasteiger partial charge in [0.25, 0.3) is 0 Å². The van der Waals surface area contributed by atoms with E-state index in [2.05, 4.69) is 0 Å². The Kier molecular flexibility index (Phi) is 3.29. The summed E-state index contributed by atoms with van der Waals surface area (Å²) in [5.41, 5.74) is -0.467. The Morgan fingerprint density at radius 3 is 2.24 bits per heavy atom. The van der Waals surface area contributed by atoms with Crippen LogP contribution in [0.2, 0.25) is 0 Å². The zero-order valence-corrected chi connectivity index (χ0v) is 10.8. The van der Waals surface area contributed by atoms with E-state index in [1.165, 1.54) is 18.2 Å². The Bertz CT molecular complexity index is 665. The second kappa shape index (κ2) is 5.00. The summed E-state index contributed by atoms with van der Waals surface area (Å²) in [7, 11) is 0. The number of benzene rings is 2.